The zero-order valence-corrected chi connectivity index (χ0v) is 11.9. The number of rotatable bonds is 4. The van der Waals surface area contributed by atoms with Crippen LogP contribution in [-0.2, 0) is 0 Å². The lowest BCUT2D eigenvalue weighted by molar-refractivity contribution is 0.280. The molecule has 2 rings (SSSR count). The Labute approximate surface area is 111 Å². The molecule has 1 aliphatic heterocycles. The van der Waals surface area contributed by atoms with Crippen LogP contribution in [0.5, 0.6) is 0 Å². The summed E-state index contributed by atoms with van der Waals surface area (Å²) in [6, 6.07) is 2.22. The molecule has 0 atom stereocenters. The third-order valence-corrected chi connectivity index (χ3v) is 3.79. The molecule has 0 bridgehead atoms. The van der Waals surface area contributed by atoms with Gasteiger partial charge in [-0.25, -0.2) is 0 Å². The molecule has 0 saturated carbocycles. The molecule has 0 aliphatic carbocycles. The highest BCUT2D eigenvalue weighted by atomic mass is 15.1. The predicted octanol–water partition coefficient (Wildman–Crippen LogP) is 3.53. The maximum Gasteiger partial charge on any atom is 0.0573 e. The maximum atomic E-state index is 4.34. The Bertz CT molecular complexity index is 377. The quantitative estimate of drug-likeness (QED) is 0.882. The van der Waals surface area contributed by atoms with Crippen molar-refractivity contribution >= 4 is 11.4 Å². The highest BCUT2D eigenvalue weighted by Crippen LogP contribution is 2.32. The fourth-order valence-electron chi connectivity index (χ4n) is 2.34. The number of aromatic nitrogens is 1. The molecule has 0 amide bonds. The molecule has 0 spiro atoms. The Morgan fingerprint density at radius 1 is 1.28 bits per heavy atom. The van der Waals surface area contributed by atoms with E-state index in [1.165, 1.54) is 18.5 Å². The monoisotopic (exact) mass is 247 g/mol. The maximum absolute atomic E-state index is 4.34. The van der Waals surface area contributed by atoms with E-state index >= 15 is 0 Å². The number of nitrogens with one attached hydrogen (secondary N) is 1. The van der Waals surface area contributed by atoms with Crippen LogP contribution in [0.15, 0.2) is 18.5 Å². The van der Waals surface area contributed by atoms with Crippen molar-refractivity contribution < 1.29 is 0 Å². The van der Waals surface area contributed by atoms with Gasteiger partial charge in [0.15, 0.2) is 0 Å². The molecular weight excluding hydrogens is 222 g/mol. The highest BCUT2D eigenvalue weighted by molar-refractivity contribution is 5.55. The first kappa shape index (κ1) is 13.2. The number of anilines is 2. The van der Waals surface area contributed by atoms with Gasteiger partial charge in [0.1, 0.15) is 0 Å². The van der Waals surface area contributed by atoms with Crippen LogP contribution in [0.1, 0.15) is 40.0 Å². The number of hydrogen-bond donors (Lipinski definition) is 1. The second-order valence-electron chi connectivity index (χ2n) is 6.01. The van der Waals surface area contributed by atoms with Crippen LogP contribution < -0.4 is 10.2 Å². The molecule has 0 unspecified atom stereocenters. The van der Waals surface area contributed by atoms with Gasteiger partial charge in [0.05, 0.1) is 23.8 Å². The van der Waals surface area contributed by atoms with Gasteiger partial charge in [0, 0.05) is 19.6 Å². The Morgan fingerprint density at radius 3 is 2.67 bits per heavy atom. The summed E-state index contributed by atoms with van der Waals surface area (Å²) >= 11 is 0. The molecule has 0 radical (unpaired) electrons. The minimum atomic E-state index is 0.502. The third kappa shape index (κ3) is 3.37. The van der Waals surface area contributed by atoms with Gasteiger partial charge in [-0.15, -0.1) is 0 Å². The fourth-order valence-corrected chi connectivity index (χ4v) is 2.34. The standard InChI is InChI=1S/C15H25N3/c1-4-7-17-13-10-14(12-16-11-13)18-8-5-15(2,3)6-9-18/h10-12,17H,4-9H2,1-3H3. The lowest BCUT2D eigenvalue weighted by Crippen LogP contribution is -2.37. The normalized spacial score (nSPS) is 18.7. The number of piperidine rings is 1. The van der Waals surface area contributed by atoms with Gasteiger partial charge in [-0.2, -0.15) is 0 Å². The lowest BCUT2D eigenvalue weighted by atomic mass is 9.82. The van der Waals surface area contributed by atoms with Gasteiger partial charge in [-0.1, -0.05) is 20.8 Å². The second-order valence-corrected chi connectivity index (χ2v) is 6.01. The number of pyridine rings is 1. The Balaban J connectivity index is 2.00. The van der Waals surface area contributed by atoms with Crippen molar-refractivity contribution in [3.05, 3.63) is 18.5 Å². The van der Waals surface area contributed by atoms with E-state index in [0.717, 1.165) is 31.7 Å². The average Bonchev–Trinajstić information content (AvgIpc) is 2.37. The van der Waals surface area contributed by atoms with Crippen molar-refractivity contribution in [2.24, 2.45) is 5.41 Å². The smallest absolute Gasteiger partial charge is 0.0573 e. The molecule has 0 aromatic carbocycles. The summed E-state index contributed by atoms with van der Waals surface area (Å²) in [5.74, 6) is 0. The van der Waals surface area contributed by atoms with Gasteiger partial charge in [0.2, 0.25) is 0 Å². The molecule has 1 aromatic rings. The van der Waals surface area contributed by atoms with E-state index < -0.39 is 0 Å². The van der Waals surface area contributed by atoms with Crippen LogP contribution in [0.4, 0.5) is 11.4 Å². The van der Waals surface area contributed by atoms with E-state index in [4.69, 9.17) is 0 Å². The van der Waals surface area contributed by atoms with Crippen LogP contribution >= 0.6 is 0 Å². The fraction of sp³-hybridized carbons (Fsp3) is 0.667. The van der Waals surface area contributed by atoms with Crippen molar-refractivity contribution in [1.29, 1.82) is 0 Å². The summed E-state index contributed by atoms with van der Waals surface area (Å²) in [5, 5.41) is 3.40. The van der Waals surface area contributed by atoms with Gasteiger partial charge >= 0.3 is 0 Å². The summed E-state index contributed by atoms with van der Waals surface area (Å²) in [6.07, 6.45) is 7.56. The molecule has 3 nitrogen and oxygen atoms in total. The summed E-state index contributed by atoms with van der Waals surface area (Å²) in [6.45, 7) is 10.2. The third-order valence-electron chi connectivity index (χ3n) is 3.79. The molecular formula is C15H25N3. The Hall–Kier alpha value is -1.25. The predicted molar refractivity (Wildman–Crippen MR) is 78.2 cm³/mol. The van der Waals surface area contributed by atoms with Crippen LogP contribution in [0.2, 0.25) is 0 Å². The van der Waals surface area contributed by atoms with Crippen molar-refractivity contribution in [2.45, 2.75) is 40.0 Å². The summed E-state index contributed by atoms with van der Waals surface area (Å²) in [4.78, 5) is 6.80. The largest absolute Gasteiger partial charge is 0.384 e. The van der Waals surface area contributed by atoms with Crippen LogP contribution in [-0.4, -0.2) is 24.6 Å². The molecule has 1 saturated heterocycles. The van der Waals surface area contributed by atoms with Gasteiger partial charge in [-0.05, 0) is 30.7 Å². The van der Waals surface area contributed by atoms with Gasteiger partial charge in [0.25, 0.3) is 0 Å². The van der Waals surface area contributed by atoms with Gasteiger partial charge < -0.3 is 10.2 Å². The topological polar surface area (TPSA) is 28.2 Å². The molecule has 3 heteroatoms. The molecule has 1 fully saturated rings. The van der Waals surface area contributed by atoms with Crippen molar-refractivity contribution in [3.8, 4) is 0 Å². The summed E-state index contributed by atoms with van der Waals surface area (Å²) < 4.78 is 0. The van der Waals surface area contributed by atoms with Crippen molar-refractivity contribution in [3.63, 3.8) is 0 Å². The lowest BCUT2D eigenvalue weighted by Gasteiger charge is -2.38. The average molecular weight is 247 g/mol. The molecule has 18 heavy (non-hydrogen) atoms. The first-order valence-corrected chi connectivity index (χ1v) is 7.04. The van der Waals surface area contributed by atoms with E-state index in [2.05, 4.69) is 42.0 Å². The zero-order valence-electron chi connectivity index (χ0n) is 11.9. The van der Waals surface area contributed by atoms with E-state index in [1.807, 2.05) is 12.4 Å². The van der Waals surface area contributed by atoms with Crippen LogP contribution in [0.3, 0.4) is 0 Å². The second kappa shape index (κ2) is 5.59. The summed E-state index contributed by atoms with van der Waals surface area (Å²) in [5.41, 5.74) is 2.90. The minimum absolute atomic E-state index is 0.502. The highest BCUT2D eigenvalue weighted by Gasteiger charge is 2.25. The Morgan fingerprint density at radius 2 is 2.00 bits per heavy atom. The molecule has 100 valence electrons. The van der Waals surface area contributed by atoms with Crippen molar-refractivity contribution in [2.75, 3.05) is 29.9 Å². The van der Waals surface area contributed by atoms with Crippen molar-refractivity contribution in [1.82, 2.24) is 4.98 Å². The molecule has 1 aromatic heterocycles. The number of nitrogens with zero attached hydrogens (tertiary/aromatic N) is 2. The van der Waals surface area contributed by atoms with E-state index in [0.29, 0.717) is 5.41 Å². The molecule has 1 aliphatic rings. The molecule has 1 N–H and O–H groups in total. The van der Waals surface area contributed by atoms with Crippen LogP contribution in [0.25, 0.3) is 0 Å². The number of hydrogen-bond acceptors (Lipinski definition) is 3. The van der Waals surface area contributed by atoms with E-state index in [-0.39, 0.29) is 0 Å². The Kier molecular flexibility index (Phi) is 4.10. The van der Waals surface area contributed by atoms with Gasteiger partial charge in [-0.3, -0.25) is 4.98 Å². The zero-order chi connectivity index (χ0) is 13.0. The first-order valence-electron chi connectivity index (χ1n) is 7.04. The van der Waals surface area contributed by atoms with Crippen LogP contribution in [0, 0.1) is 5.41 Å². The van der Waals surface area contributed by atoms with E-state index in [1.54, 1.807) is 0 Å². The van der Waals surface area contributed by atoms with E-state index in [9.17, 15) is 0 Å². The molecule has 2 heterocycles. The minimum Gasteiger partial charge on any atom is -0.384 e. The SMILES string of the molecule is CCCNc1cncc(N2CCC(C)(C)CC2)c1. The summed E-state index contributed by atoms with van der Waals surface area (Å²) in [7, 11) is 0. The first-order chi connectivity index (χ1) is 8.61.